The molecule has 0 bridgehead atoms. The fraction of sp³-hybridized carbons (Fsp3) is 0.375. The minimum absolute atomic E-state index is 0.233. The molecule has 2 aromatic heterocycles. The van der Waals surface area contributed by atoms with Crippen LogP contribution in [0.2, 0.25) is 0 Å². The number of nitrogens with one attached hydrogen (secondary N) is 2. The van der Waals surface area contributed by atoms with Gasteiger partial charge in [0, 0.05) is 71.2 Å². The van der Waals surface area contributed by atoms with E-state index in [0.29, 0.717) is 12.1 Å². The lowest BCUT2D eigenvalue weighted by Crippen LogP contribution is -2.43. The molecule has 4 aromatic rings. The van der Waals surface area contributed by atoms with Crippen molar-refractivity contribution in [2.45, 2.75) is 24.9 Å². The molecule has 4 N–H and O–H groups in total. The number of rotatable bonds is 2. The number of nitrogens with zero attached hydrogens (tertiary/aromatic N) is 2. The predicted molar refractivity (Wildman–Crippen MR) is 154 cm³/mol. The maximum Gasteiger partial charge on any atom is 0.0506 e. The first-order valence-electron chi connectivity index (χ1n) is 13.8. The molecule has 2 aliphatic heterocycles. The lowest BCUT2D eigenvalue weighted by atomic mass is 9.80. The van der Waals surface area contributed by atoms with Crippen molar-refractivity contribution in [3.05, 3.63) is 83.2 Å². The molecule has 0 radical (unpaired) electrons. The highest BCUT2D eigenvalue weighted by molar-refractivity contribution is 5.99. The molecular weight excluding hydrogens is 472 g/mol. The summed E-state index contributed by atoms with van der Waals surface area (Å²) >= 11 is 0. The quantitative estimate of drug-likeness (QED) is 0.329. The van der Waals surface area contributed by atoms with E-state index >= 15 is 0 Å². The van der Waals surface area contributed by atoms with Crippen LogP contribution in [0.5, 0.6) is 0 Å². The molecule has 38 heavy (non-hydrogen) atoms. The Morgan fingerprint density at radius 2 is 1.16 bits per heavy atom. The van der Waals surface area contributed by atoms with Crippen LogP contribution in [0.3, 0.4) is 0 Å². The van der Waals surface area contributed by atoms with Gasteiger partial charge in [0.2, 0.25) is 0 Å². The molecule has 0 fully saturated rings. The fourth-order valence-corrected chi connectivity index (χ4v) is 7.33. The molecule has 4 atom stereocenters. The van der Waals surface area contributed by atoms with Gasteiger partial charge < -0.3 is 20.2 Å². The van der Waals surface area contributed by atoms with Crippen molar-refractivity contribution in [1.82, 2.24) is 19.8 Å². The highest BCUT2D eigenvalue weighted by Crippen LogP contribution is 2.42. The molecule has 6 heteroatoms. The summed E-state index contributed by atoms with van der Waals surface area (Å²) in [6.45, 7) is 2.36. The van der Waals surface area contributed by atoms with Crippen molar-refractivity contribution in [3.8, 4) is 0 Å². The third-order valence-corrected chi connectivity index (χ3v) is 9.15. The van der Waals surface area contributed by atoms with Gasteiger partial charge in [-0.05, 0) is 72.5 Å². The lowest BCUT2D eigenvalue weighted by molar-refractivity contribution is 0.181. The Balaban J connectivity index is 0.000000127. The van der Waals surface area contributed by atoms with Crippen molar-refractivity contribution in [2.75, 3.05) is 40.4 Å². The Morgan fingerprint density at radius 3 is 1.58 bits per heavy atom. The first-order chi connectivity index (χ1) is 18.6. The number of aromatic nitrogens is 2. The summed E-state index contributed by atoms with van der Waals surface area (Å²) in [5, 5.41) is 21.7. The standard InChI is InChI=1S/2C16H18N2O/c2*1-18-8-10(9-19)5-13-12-3-2-4-14-16(12)11(7-17-14)6-15(13)18/h2*2-5,7,10,15,17,19H,6,8-9H2,1H3/t2*10-,15-/m11/s1. The maximum atomic E-state index is 9.47. The number of hydrogen-bond acceptors (Lipinski definition) is 4. The van der Waals surface area contributed by atoms with Crippen LogP contribution in [0.1, 0.15) is 22.3 Å². The van der Waals surface area contributed by atoms with E-state index in [0.717, 1.165) is 25.9 Å². The fourth-order valence-electron chi connectivity index (χ4n) is 7.33. The molecular formula is C32H36N4O2. The van der Waals surface area contributed by atoms with Crippen LogP contribution in [0.4, 0.5) is 0 Å². The van der Waals surface area contributed by atoms with Crippen molar-refractivity contribution < 1.29 is 10.2 Å². The molecule has 0 unspecified atom stereocenters. The monoisotopic (exact) mass is 508 g/mol. The number of aliphatic hydroxyl groups is 2. The van der Waals surface area contributed by atoms with Crippen LogP contribution in [0.25, 0.3) is 33.0 Å². The summed E-state index contributed by atoms with van der Waals surface area (Å²) in [6.07, 6.45) is 11.0. The number of H-pyrrole nitrogens is 2. The molecule has 8 rings (SSSR count). The summed E-state index contributed by atoms with van der Waals surface area (Å²) in [4.78, 5) is 11.5. The smallest absolute Gasteiger partial charge is 0.0506 e. The number of aliphatic hydroxyl groups excluding tert-OH is 2. The van der Waals surface area contributed by atoms with Crippen molar-refractivity contribution in [3.63, 3.8) is 0 Å². The second-order valence-corrected chi connectivity index (χ2v) is 11.5. The lowest BCUT2D eigenvalue weighted by Gasteiger charge is -2.39. The van der Waals surface area contributed by atoms with Crippen molar-refractivity contribution >= 4 is 33.0 Å². The normalized spacial score (nSPS) is 26.3. The van der Waals surface area contributed by atoms with Gasteiger partial charge in [-0.2, -0.15) is 0 Å². The third-order valence-electron chi connectivity index (χ3n) is 9.15. The third kappa shape index (κ3) is 3.70. The molecule has 196 valence electrons. The Kier molecular flexibility index (Phi) is 5.82. The second-order valence-electron chi connectivity index (χ2n) is 11.5. The van der Waals surface area contributed by atoms with Crippen LogP contribution >= 0.6 is 0 Å². The van der Waals surface area contributed by atoms with E-state index < -0.39 is 0 Å². The summed E-state index contributed by atoms with van der Waals surface area (Å²) in [6, 6.07) is 13.8. The summed E-state index contributed by atoms with van der Waals surface area (Å²) in [5.41, 5.74) is 10.8. The largest absolute Gasteiger partial charge is 0.396 e. The average molecular weight is 509 g/mol. The second kappa shape index (κ2) is 9.24. The Morgan fingerprint density at radius 1 is 0.711 bits per heavy atom. The summed E-state index contributed by atoms with van der Waals surface area (Å²) in [5.74, 6) is 0.513. The highest BCUT2D eigenvalue weighted by Gasteiger charge is 2.34. The van der Waals surface area contributed by atoms with Gasteiger partial charge in [0.1, 0.15) is 0 Å². The van der Waals surface area contributed by atoms with Crippen LogP contribution in [-0.2, 0) is 12.8 Å². The number of fused-ring (bicyclic) bond motifs is 4. The van der Waals surface area contributed by atoms with E-state index in [9.17, 15) is 10.2 Å². The minimum atomic E-state index is 0.233. The van der Waals surface area contributed by atoms with Gasteiger partial charge in [-0.25, -0.2) is 0 Å². The van der Waals surface area contributed by atoms with Crippen molar-refractivity contribution in [1.29, 1.82) is 0 Å². The molecule has 0 saturated heterocycles. The SMILES string of the molecule is CN1C[C@H](CO)C=C2c3cccc4[nH]cc(c34)C[C@H]21.CN1C[C@H](CO)C=C2c3cccc4[nH]cc(c34)C[C@H]21. The number of aromatic amines is 2. The van der Waals surface area contributed by atoms with Gasteiger partial charge in [-0.1, -0.05) is 36.4 Å². The average Bonchev–Trinajstić information content (AvgIpc) is 3.56. The van der Waals surface area contributed by atoms with Gasteiger partial charge in [0.25, 0.3) is 0 Å². The summed E-state index contributed by atoms with van der Waals surface area (Å²) in [7, 11) is 4.33. The molecule has 4 heterocycles. The number of benzene rings is 2. The van der Waals surface area contributed by atoms with Gasteiger partial charge in [-0.3, -0.25) is 9.80 Å². The van der Waals surface area contributed by atoms with Crippen LogP contribution in [-0.4, -0.2) is 82.5 Å². The molecule has 2 aromatic carbocycles. The maximum absolute atomic E-state index is 9.47. The molecule has 0 amide bonds. The molecule has 4 aliphatic rings. The van der Waals surface area contributed by atoms with Gasteiger partial charge in [0.05, 0.1) is 13.2 Å². The highest BCUT2D eigenvalue weighted by atomic mass is 16.3. The zero-order valence-electron chi connectivity index (χ0n) is 22.1. The zero-order valence-corrected chi connectivity index (χ0v) is 22.1. The van der Waals surface area contributed by atoms with E-state index in [1.165, 1.54) is 55.2 Å². The molecule has 0 saturated carbocycles. The van der Waals surface area contributed by atoms with E-state index in [2.05, 4.69) is 94.8 Å². The molecule has 0 spiro atoms. The number of hydrogen-bond donors (Lipinski definition) is 4. The molecule has 2 aliphatic carbocycles. The Bertz CT molecular complexity index is 1460. The Labute approximate surface area is 223 Å². The first-order valence-corrected chi connectivity index (χ1v) is 13.8. The zero-order chi connectivity index (χ0) is 26.0. The number of likely N-dealkylation sites (N-methyl/N-ethyl adjacent to an activating group) is 2. The topological polar surface area (TPSA) is 78.5 Å². The Hall–Kier alpha value is -3.16. The van der Waals surface area contributed by atoms with Gasteiger partial charge in [0.15, 0.2) is 0 Å². The van der Waals surface area contributed by atoms with E-state index in [1.807, 2.05) is 0 Å². The van der Waals surface area contributed by atoms with Crippen molar-refractivity contribution in [2.24, 2.45) is 11.8 Å². The predicted octanol–water partition coefficient (Wildman–Crippen LogP) is 4.06. The summed E-state index contributed by atoms with van der Waals surface area (Å²) < 4.78 is 0. The minimum Gasteiger partial charge on any atom is -0.396 e. The molecule has 6 nitrogen and oxygen atoms in total. The van der Waals surface area contributed by atoms with Gasteiger partial charge in [-0.15, -0.1) is 0 Å². The van der Waals surface area contributed by atoms with E-state index in [-0.39, 0.29) is 25.0 Å². The van der Waals surface area contributed by atoms with E-state index in [1.54, 1.807) is 0 Å². The van der Waals surface area contributed by atoms with Crippen LogP contribution < -0.4 is 0 Å². The van der Waals surface area contributed by atoms with E-state index in [4.69, 9.17) is 0 Å². The van der Waals surface area contributed by atoms with Crippen LogP contribution in [0, 0.1) is 11.8 Å². The first kappa shape index (κ1) is 23.9. The van der Waals surface area contributed by atoms with Gasteiger partial charge >= 0.3 is 0 Å². The van der Waals surface area contributed by atoms with Crippen LogP contribution in [0.15, 0.2) is 60.9 Å².